The number of amides is 2. The summed E-state index contributed by atoms with van der Waals surface area (Å²) in [5, 5.41) is 1.82. The van der Waals surface area contributed by atoms with Gasteiger partial charge in [0.2, 0.25) is 0 Å². The monoisotopic (exact) mass is 275 g/mol. The lowest BCUT2D eigenvalue weighted by Crippen LogP contribution is -2.42. The van der Waals surface area contributed by atoms with Crippen molar-refractivity contribution < 1.29 is 18.0 Å². The highest BCUT2D eigenvalue weighted by Gasteiger charge is 2.29. The number of anilines is 1. The third-order valence-corrected chi connectivity index (χ3v) is 2.73. The first-order valence-corrected chi connectivity index (χ1v) is 5.63. The second-order valence-electron chi connectivity index (χ2n) is 4.23. The van der Waals surface area contributed by atoms with Crippen LogP contribution in [0.4, 0.5) is 23.7 Å². The second-order valence-corrected chi connectivity index (χ2v) is 4.23. The number of benzene rings is 1. The number of nitrogens with one attached hydrogen (secondary N) is 1. The smallest absolute Gasteiger partial charge is 0.399 e. The molecular weight excluding hydrogens is 259 g/mol. The van der Waals surface area contributed by atoms with E-state index in [-0.39, 0.29) is 6.04 Å². The highest BCUT2D eigenvalue weighted by Crippen LogP contribution is 2.21. The number of hydrogen-bond donors (Lipinski definition) is 2. The maximum absolute atomic E-state index is 12.0. The fraction of sp³-hybridized carbons (Fsp3) is 0.417. The molecule has 0 fully saturated rings. The predicted molar refractivity (Wildman–Crippen MR) is 66.5 cm³/mol. The third-order valence-electron chi connectivity index (χ3n) is 2.73. The Kier molecular flexibility index (Phi) is 4.63. The number of hydrogen-bond acceptors (Lipinski definition) is 2. The fourth-order valence-electron chi connectivity index (χ4n) is 1.52. The molecule has 4 nitrogen and oxygen atoms in total. The molecule has 1 atom stereocenters. The molecule has 0 radical (unpaired) electrons. The highest BCUT2D eigenvalue weighted by molar-refractivity contribution is 5.74. The number of carbonyl (C=O) groups excluding carboxylic acids is 1. The first-order chi connectivity index (χ1) is 8.70. The molecule has 0 bridgehead atoms. The number of nitrogens with two attached hydrogens (primary N) is 1. The molecule has 0 saturated carbocycles. The Balaban J connectivity index is 2.66. The van der Waals surface area contributed by atoms with Crippen LogP contribution in [0.2, 0.25) is 0 Å². The van der Waals surface area contributed by atoms with E-state index in [0.717, 1.165) is 5.56 Å². The van der Waals surface area contributed by atoms with Crippen LogP contribution in [-0.2, 0) is 0 Å². The van der Waals surface area contributed by atoms with E-state index >= 15 is 0 Å². The van der Waals surface area contributed by atoms with Crippen LogP contribution < -0.4 is 11.1 Å². The topological polar surface area (TPSA) is 58.4 Å². The van der Waals surface area contributed by atoms with Gasteiger partial charge in [0.25, 0.3) is 0 Å². The Hall–Kier alpha value is -1.92. The molecule has 0 heterocycles. The van der Waals surface area contributed by atoms with Gasteiger partial charge < -0.3 is 16.0 Å². The van der Waals surface area contributed by atoms with Gasteiger partial charge in [-0.15, -0.1) is 0 Å². The van der Waals surface area contributed by atoms with E-state index in [0.29, 0.717) is 5.69 Å². The van der Waals surface area contributed by atoms with Gasteiger partial charge in [-0.25, -0.2) is 4.79 Å². The van der Waals surface area contributed by atoms with Crippen molar-refractivity contribution in [3.8, 4) is 0 Å². The number of urea groups is 1. The van der Waals surface area contributed by atoms with Crippen LogP contribution in [0.15, 0.2) is 24.3 Å². The highest BCUT2D eigenvalue weighted by atomic mass is 19.4. The molecule has 1 aromatic carbocycles. The Morgan fingerprint density at radius 2 is 2.11 bits per heavy atom. The van der Waals surface area contributed by atoms with Crippen molar-refractivity contribution in [2.24, 2.45) is 0 Å². The Labute approximate surface area is 109 Å². The molecule has 0 spiro atoms. The largest absolute Gasteiger partial charge is 0.405 e. The maximum atomic E-state index is 12.0. The van der Waals surface area contributed by atoms with Gasteiger partial charge in [-0.3, -0.25) is 0 Å². The van der Waals surface area contributed by atoms with E-state index in [9.17, 15) is 18.0 Å². The molecule has 1 unspecified atom stereocenters. The van der Waals surface area contributed by atoms with Crippen molar-refractivity contribution in [3.05, 3.63) is 29.8 Å². The van der Waals surface area contributed by atoms with Crippen LogP contribution in [0.3, 0.4) is 0 Å². The fourth-order valence-corrected chi connectivity index (χ4v) is 1.52. The Bertz CT molecular complexity index is 448. The van der Waals surface area contributed by atoms with Crippen LogP contribution in [-0.4, -0.2) is 30.7 Å². The SMILES string of the molecule is CC(c1cccc(N)c1)N(C)C(=O)NCC(F)(F)F. The summed E-state index contributed by atoms with van der Waals surface area (Å²) in [5.41, 5.74) is 6.91. The van der Waals surface area contributed by atoms with Gasteiger partial charge in [0.1, 0.15) is 6.54 Å². The molecule has 1 aromatic rings. The van der Waals surface area contributed by atoms with E-state index in [2.05, 4.69) is 0 Å². The molecule has 0 saturated heterocycles. The Morgan fingerprint density at radius 1 is 1.47 bits per heavy atom. The molecule has 2 amide bonds. The van der Waals surface area contributed by atoms with Gasteiger partial charge in [-0.05, 0) is 24.6 Å². The van der Waals surface area contributed by atoms with Crippen molar-refractivity contribution in [3.63, 3.8) is 0 Å². The zero-order chi connectivity index (χ0) is 14.6. The predicted octanol–water partition coefficient (Wildman–Crippen LogP) is 2.53. The summed E-state index contributed by atoms with van der Waals surface area (Å²) in [6.07, 6.45) is -4.42. The van der Waals surface area contributed by atoms with Crippen molar-refractivity contribution in [2.75, 3.05) is 19.3 Å². The van der Waals surface area contributed by atoms with Gasteiger partial charge in [0, 0.05) is 12.7 Å². The summed E-state index contributed by atoms with van der Waals surface area (Å²) in [7, 11) is 1.43. The first-order valence-electron chi connectivity index (χ1n) is 5.63. The van der Waals surface area contributed by atoms with E-state index in [1.807, 2.05) is 5.32 Å². The lowest BCUT2D eigenvalue weighted by atomic mass is 10.1. The van der Waals surface area contributed by atoms with E-state index in [1.165, 1.54) is 11.9 Å². The van der Waals surface area contributed by atoms with Gasteiger partial charge in [0.15, 0.2) is 0 Å². The van der Waals surface area contributed by atoms with Crippen molar-refractivity contribution in [1.82, 2.24) is 10.2 Å². The van der Waals surface area contributed by atoms with E-state index in [1.54, 1.807) is 31.2 Å². The molecular formula is C12H16F3N3O. The van der Waals surface area contributed by atoms with E-state index in [4.69, 9.17) is 5.73 Å². The molecule has 0 aliphatic rings. The molecule has 0 aliphatic carbocycles. The third kappa shape index (κ3) is 4.69. The summed E-state index contributed by atoms with van der Waals surface area (Å²) in [6, 6.07) is 5.69. The van der Waals surface area contributed by atoms with Gasteiger partial charge in [0.05, 0.1) is 6.04 Å². The van der Waals surface area contributed by atoms with Crippen LogP contribution in [0.25, 0.3) is 0 Å². The molecule has 1 rings (SSSR count). The van der Waals surface area contributed by atoms with E-state index < -0.39 is 18.8 Å². The minimum atomic E-state index is -4.42. The lowest BCUT2D eigenvalue weighted by Gasteiger charge is -2.26. The van der Waals surface area contributed by atoms with Crippen molar-refractivity contribution >= 4 is 11.7 Å². The average molecular weight is 275 g/mol. The average Bonchev–Trinajstić information content (AvgIpc) is 2.33. The quantitative estimate of drug-likeness (QED) is 0.833. The molecule has 19 heavy (non-hydrogen) atoms. The van der Waals surface area contributed by atoms with Gasteiger partial charge in [-0.1, -0.05) is 12.1 Å². The number of rotatable bonds is 3. The zero-order valence-corrected chi connectivity index (χ0v) is 10.7. The summed E-state index contributed by atoms with van der Waals surface area (Å²) < 4.78 is 36.0. The molecule has 3 N–H and O–H groups in total. The summed E-state index contributed by atoms with van der Waals surface area (Å²) >= 11 is 0. The summed E-state index contributed by atoms with van der Waals surface area (Å²) in [4.78, 5) is 12.8. The Morgan fingerprint density at radius 3 is 2.63 bits per heavy atom. The first kappa shape index (κ1) is 15.1. The van der Waals surface area contributed by atoms with Crippen LogP contribution in [0.1, 0.15) is 18.5 Å². The maximum Gasteiger partial charge on any atom is 0.405 e. The summed E-state index contributed by atoms with van der Waals surface area (Å²) in [6.45, 7) is 0.363. The minimum Gasteiger partial charge on any atom is -0.399 e. The molecule has 7 heteroatoms. The van der Waals surface area contributed by atoms with Crippen molar-refractivity contribution in [1.29, 1.82) is 0 Å². The van der Waals surface area contributed by atoms with Gasteiger partial charge >= 0.3 is 12.2 Å². The van der Waals surface area contributed by atoms with Crippen molar-refractivity contribution in [2.45, 2.75) is 19.1 Å². The van der Waals surface area contributed by atoms with Crippen LogP contribution >= 0.6 is 0 Å². The number of nitrogen functional groups attached to an aromatic ring is 1. The number of nitrogens with zero attached hydrogens (tertiary/aromatic N) is 1. The molecule has 106 valence electrons. The molecule has 0 aromatic heterocycles. The summed E-state index contributed by atoms with van der Waals surface area (Å²) in [5.74, 6) is 0. The zero-order valence-electron chi connectivity index (χ0n) is 10.7. The van der Waals surface area contributed by atoms with Crippen LogP contribution in [0, 0.1) is 0 Å². The van der Waals surface area contributed by atoms with Gasteiger partial charge in [-0.2, -0.15) is 13.2 Å². The number of halogens is 3. The standard InChI is InChI=1S/C12H16F3N3O/c1-8(9-4-3-5-10(16)6-9)18(2)11(19)17-7-12(13,14)15/h3-6,8H,7,16H2,1-2H3,(H,17,19). The van der Waals surface area contributed by atoms with Crippen LogP contribution in [0.5, 0.6) is 0 Å². The molecule has 0 aliphatic heterocycles. The number of carbonyl (C=O) groups is 1. The second kappa shape index (κ2) is 5.81. The number of alkyl halides is 3. The normalized spacial score (nSPS) is 12.9. The minimum absolute atomic E-state index is 0.378. The lowest BCUT2D eigenvalue weighted by molar-refractivity contribution is -0.123.